The molecule has 0 radical (unpaired) electrons. The Kier molecular flexibility index (Phi) is 3.23. The van der Waals surface area contributed by atoms with Crippen molar-refractivity contribution in [3.8, 4) is 5.69 Å². The molecule has 1 N–H and O–H groups in total. The Balaban J connectivity index is 2.24. The largest absolute Gasteiger partial charge is 0.354 e. The fourth-order valence-corrected chi connectivity index (χ4v) is 3.41. The minimum absolute atomic E-state index is 0.0868. The van der Waals surface area contributed by atoms with Crippen molar-refractivity contribution in [3.05, 3.63) is 45.9 Å². The van der Waals surface area contributed by atoms with Crippen LogP contribution in [0.1, 0.15) is 15.4 Å². The lowest BCUT2D eigenvalue weighted by Gasteiger charge is -2.04. The van der Waals surface area contributed by atoms with Gasteiger partial charge in [0.25, 0.3) is 5.91 Å². The van der Waals surface area contributed by atoms with Crippen molar-refractivity contribution in [2.24, 2.45) is 0 Å². The molecule has 0 bridgehead atoms. The average molecular weight is 306 g/mol. The number of aryl methyl sites for hydroxylation is 1. The van der Waals surface area contributed by atoms with Crippen molar-refractivity contribution in [1.29, 1.82) is 0 Å². The highest BCUT2D eigenvalue weighted by atomic mass is 35.5. The predicted octanol–water partition coefficient (Wildman–Crippen LogP) is 3.41. The molecule has 1 aromatic carbocycles. The normalized spacial score (nSPS) is 10.9. The molecule has 0 saturated carbocycles. The van der Waals surface area contributed by atoms with Gasteiger partial charge >= 0.3 is 0 Å². The van der Waals surface area contributed by atoms with Gasteiger partial charge in [-0.05, 0) is 25.1 Å². The maximum absolute atomic E-state index is 11.8. The molecule has 20 heavy (non-hydrogen) atoms. The molecule has 0 aliphatic heterocycles. The van der Waals surface area contributed by atoms with Crippen LogP contribution in [0.4, 0.5) is 0 Å². The Labute approximate surface area is 125 Å². The van der Waals surface area contributed by atoms with E-state index in [-0.39, 0.29) is 5.91 Å². The molecule has 0 spiro atoms. The zero-order valence-corrected chi connectivity index (χ0v) is 12.5. The molecule has 3 rings (SSSR count). The molecule has 0 aliphatic carbocycles. The van der Waals surface area contributed by atoms with Gasteiger partial charge < -0.3 is 5.32 Å². The number of hydrogen-bond donors (Lipinski definition) is 1. The number of hydrogen-bond acceptors (Lipinski definition) is 3. The fraction of sp³-hybridized carbons (Fsp3) is 0.143. The van der Waals surface area contributed by atoms with E-state index in [1.54, 1.807) is 11.7 Å². The minimum Gasteiger partial charge on any atom is -0.354 e. The number of thiophene rings is 1. The minimum atomic E-state index is -0.0868. The summed E-state index contributed by atoms with van der Waals surface area (Å²) < 4.78 is 1.80. The lowest BCUT2D eigenvalue weighted by atomic mass is 10.3. The van der Waals surface area contributed by atoms with Gasteiger partial charge in [0.2, 0.25) is 0 Å². The number of nitrogens with one attached hydrogen (secondary N) is 1. The standard InChI is InChI=1S/C14H12ClN3OS/c1-8-9-7-12(13(19)16-2)20-14(9)18(17-8)11-6-4-3-5-10(11)15/h3-7H,1-2H3,(H,16,19). The molecule has 6 heteroatoms. The third-order valence-electron chi connectivity index (χ3n) is 3.08. The van der Waals surface area contributed by atoms with Crippen molar-refractivity contribution in [3.63, 3.8) is 0 Å². The summed E-state index contributed by atoms with van der Waals surface area (Å²) in [5, 5.41) is 8.77. The molecule has 102 valence electrons. The smallest absolute Gasteiger partial charge is 0.261 e. The van der Waals surface area contributed by atoms with Crippen LogP contribution in [-0.4, -0.2) is 22.7 Å². The van der Waals surface area contributed by atoms with E-state index in [0.29, 0.717) is 9.90 Å². The van der Waals surface area contributed by atoms with Crippen LogP contribution in [0.25, 0.3) is 15.9 Å². The van der Waals surface area contributed by atoms with E-state index in [9.17, 15) is 4.79 Å². The summed E-state index contributed by atoms with van der Waals surface area (Å²) in [5.41, 5.74) is 1.70. The summed E-state index contributed by atoms with van der Waals surface area (Å²) >= 11 is 7.64. The number of carbonyl (C=O) groups excluding carboxylic acids is 1. The second kappa shape index (κ2) is 4.92. The van der Waals surface area contributed by atoms with Crippen molar-refractivity contribution in [2.75, 3.05) is 7.05 Å². The van der Waals surface area contributed by atoms with Crippen LogP contribution >= 0.6 is 22.9 Å². The van der Waals surface area contributed by atoms with Crippen LogP contribution in [-0.2, 0) is 0 Å². The lowest BCUT2D eigenvalue weighted by Crippen LogP contribution is -2.16. The van der Waals surface area contributed by atoms with Crippen LogP contribution < -0.4 is 5.32 Å². The molecule has 0 saturated heterocycles. The van der Waals surface area contributed by atoms with Crippen molar-refractivity contribution >= 4 is 39.1 Å². The summed E-state index contributed by atoms with van der Waals surface area (Å²) in [6, 6.07) is 9.40. The predicted molar refractivity (Wildman–Crippen MR) is 82.1 cm³/mol. The summed E-state index contributed by atoms with van der Waals surface area (Å²) in [5.74, 6) is -0.0868. The Morgan fingerprint density at radius 1 is 1.40 bits per heavy atom. The Bertz CT molecular complexity index is 806. The monoisotopic (exact) mass is 305 g/mol. The number of aromatic nitrogens is 2. The van der Waals surface area contributed by atoms with Gasteiger partial charge in [0, 0.05) is 12.4 Å². The van der Waals surface area contributed by atoms with Crippen LogP contribution in [0.2, 0.25) is 5.02 Å². The van der Waals surface area contributed by atoms with Gasteiger partial charge in [-0.2, -0.15) is 5.10 Å². The summed E-state index contributed by atoms with van der Waals surface area (Å²) in [6.07, 6.45) is 0. The summed E-state index contributed by atoms with van der Waals surface area (Å²) in [7, 11) is 1.62. The molecule has 0 unspecified atom stereocenters. The zero-order valence-electron chi connectivity index (χ0n) is 11.0. The highest BCUT2D eigenvalue weighted by Gasteiger charge is 2.17. The quantitative estimate of drug-likeness (QED) is 0.788. The molecule has 0 aliphatic rings. The van der Waals surface area contributed by atoms with Gasteiger partial charge in [0.15, 0.2) is 0 Å². The molecule has 4 nitrogen and oxygen atoms in total. The molecule has 1 amide bonds. The third kappa shape index (κ3) is 1.99. The summed E-state index contributed by atoms with van der Waals surface area (Å²) in [6.45, 7) is 1.93. The second-order valence-corrected chi connectivity index (χ2v) is 5.80. The highest BCUT2D eigenvalue weighted by molar-refractivity contribution is 7.20. The molecule has 0 atom stereocenters. The Morgan fingerprint density at radius 3 is 2.85 bits per heavy atom. The van der Waals surface area contributed by atoms with Crippen molar-refractivity contribution in [2.45, 2.75) is 6.92 Å². The molecule has 3 aromatic rings. The first-order valence-corrected chi connectivity index (χ1v) is 7.27. The number of carbonyl (C=O) groups is 1. The van der Waals surface area contributed by atoms with E-state index in [0.717, 1.165) is 21.6 Å². The number of para-hydroxylation sites is 1. The fourth-order valence-electron chi connectivity index (χ4n) is 2.07. The number of benzene rings is 1. The van der Waals surface area contributed by atoms with E-state index in [1.807, 2.05) is 37.3 Å². The number of amides is 1. The number of rotatable bonds is 2. The zero-order chi connectivity index (χ0) is 14.3. The first-order chi connectivity index (χ1) is 9.61. The maximum atomic E-state index is 11.8. The van der Waals surface area contributed by atoms with Crippen molar-refractivity contribution < 1.29 is 4.79 Å². The van der Waals surface area contributed by atoms with Crippen LogP contribution in [0, 0.1) is 6.92 Å². The number of nitrogens with zero attached hydrogens (tertiary/aromatic N) is 2. The summed E-state index contributed by atoms with van der Waals surface area (Å²) in [4.78, 5) is 13.3. The number of fused-ring (bicyclic) bond motifs is 1. The molecular weight excluding hydrogens is 294 g/mol. The van der Waals surface area contributed by atoms with Gasteiger partial charge in [-0.25, -0.2) is 4.68 Å². The maximum Gasteiger partial charge on any atom is 0.261 e. The Hall–Kier alpha value is -1.85. The van der Waals surface area contributed by atoms with Gasteiger partial charge in [-0.1, -0.05) is 23.7 Å². The van der Waals surface area contributed by atoms with E-state index in [2.05, 4.69) is 10.4 Å². The van der Waals surface area contributed by atoms with Gasteiger partial charge in [-0.3, -0.25) is 4.79 Å². The van der Waals surface area contributed by atoms with Crippen LogP contribution in [0.5, 0.6) is 0 Å². The highest BCUT2D eigenvalue weighted by Crippen LogP contribution is 2.32. The topological polar surface area (TPSA) is 46.9 Å². The molecule has 2 heterocycles. The molecule has 0 fully saturated rings. The first kappa shape index (κ1) is 13.1. The first-order valence-electron chi connectivity index (χ1n) is 6.08. The van der Waals surface area contributed by atoms with Gasteiger partial charge in [0.05, 0.1) is 21.3 Å². The van der Waals surface area contributed by atoms with E-state index < -0.39 is 0 Å². The van der Waals surface area contributed by atoms with E-state index >= 15 is 0 Å². The van der Waals surface area contributed by atoms with Crippen molar-refractivity contribution in [1.82, 2.24) is 15.1 Å². The van der Waals surface area contributed by atoms with E-state index in [1.165, 1.54) is 11.3 Å². The van der Waals surface area contributed by atoms with Crippen LogP contribution in [0.3, 0.4) is 0 Å². The number of halogens is 1. The van der Waals surface area contributed by atoms with Gasteiger partial charge in [-0.15, -0.1) is 11.3 Å². The van der Waals surface area contributed by atoms with Crippen LogP contribution in [0.15, 0.2) is 30.3 Å². The third-order valence-corrected chi connectivity index (χ3v) is 4.51. The lowest BCUT2D eigenvalue weighted by molar-refractivity contribution is 0.0967. The molecule has 2 aromatic heterocycles. The Morgan fingerprint density at radius 2 is 2.15 bits per heavy atom. The second-order valence-electron chi connectivity index (χ2n) is 4.36. The van der Waals surface area contributed by atoms with E-state index in [4.69, 9.17) is 11.6 Å². The SMILES string of the molecule is CNC(=O)c1cc2c(C)nn(-c3ccccc3Cl)c2s1. The molecular formula is C14H12ClN3OS. The van der Waals surface area contributed by atoms with Gasteiger partial charge in [0.1, 0.15) is 4.83 Å². The average Bonchev–Trinajstić information content (AvgIpc) is 3.00.